The Morgan fingerprint density at radius 3 is 2.42 bits per heavy atom. The molecular weight excluding hydrogens is 148 g/mol. The van der Waals surface area contributed by atoms with Gasteiger partial charge in [-0.1, -0.05) is 27.2 Å². The highest BCUT2D eigenvalue weighted by Crippen LogP contribution is 2.34. The van der Waals surface area contributed by atoms with E-state index in [1.165, 1.54) is 19.3 Å². The maximum atomic E-state index is 5.54. The van der Waals surface area contributed by atoms with Crippen LogP contribution in [-0.4, -0.2) is 13.2 Å². The average Bonchev–Trinajstić information content (AvgIpc) is 2.03. The van der Waals surface area contributed by atoms with Crippen molar-refractivity contribution in [3.8, 4) is 0 Å². The maximum absolute atomic E-state index is 5.54. The topological polar surface area (TPSA) is 9.23 Å². The first-order valence-electron chi connectivity index (χ1n) is 5.18. The molecule has 3 atom stereocenters. The molecule has 0 aliphatic heterocycles. The Hall–Kier alpha value is -0.0400. The monoisotopic (exact) mass is 170 g/mol. The van der Waals surface area contributed by atoms with E-state index >= 15 is 0 Å². The third-order valence-corrected chi connectivity index (χ3v) is 3.26. The minimum atomic E-state index is 0.522. The van der Waals surface area contributed by atoms with Crippen molar-refractivity contribution in [3.05, 3.63) is 0 Å². The van der Waals surface area contributed by atoms with Gasteiger partial charge < -0.3 is 4.74 Å². The van der Waals surface area contributed by atoms with Crippen LogP contribution in [0, 0.1) is 17.8 Å². The first-order chi connectivity index (χ1) is 5.65. The van der Waals surface area contributed by atoms with Crippen LogP contribution in [0.1, 0.15) is 40.0 Å². The fourth-order valence-corrected chi connectivity index (χ4v) is 2.39. The molecule has 0 spiro atoms. The van der Waals surface area contributed by atoms with E-state index in [2.05, 4.69) is 20.8 Å². The fourth-order valence-electron chi connectivity index (χ4n) is 2.39. The van der Waals surface area contributed by atoms with Crippen LogP contribution in [0.4, 0.5) is 0 Å². The summed E-state index contributed by atoms with van der Waals surface area (Å²) >= 11 is 0. The van der Waals surface area contributed by atoms with Crippen LogP contribution >= 0.6 is 0 Å². The smallest absolute Gasteiger partial charge is 0.0604 e. The van der Waals surface area contributed by atoms with Crippen LogP contribution in [0.3, 0.4) is 0 Å². The Morgan fingerprint density at radius 2 is 1.92 bits per heavy atom. The number of hydrogen-bond donors (Lipinski definition) is 0. The van der Waals surface area contributed by atoms with Gasteiger partial charge in [-0.3, -0.25) is 0 Å². The highest BCUT2D eigenvalue weighted by Gasteiger charge is 2.30. The zero-order chi connectivity index (χ0) is 9.14. The third kappa shape index (κ3) is 2.22. The summed E-state index contributed by atoms with van der Waals surface area (Å²) in [5.74, 6) is 2.44. The van der Waals surface area contributed by atoms with Crippen molar-refractivity contribution < 1.29 is 4.74 Å². The molecule has 1 aliphatic carbocycles. The second-order valence-corrected chi connectivity index (χ2v) is 4.60. The number of hydrogen-bond acceptors (Lipinski definition) is 1. The molecule has 0 heterocycles. The first-order valence-corrected chi connectivity index (χ1v) is 5.18. The predicted molar refractivity (Wildman–Crippen MR) is 52.1 cm³/mol. The molecule has 0 aromatic heterocycles. The van der Waals surface area contributed by atoms with Gasteiger partial charge in [0.05, 0.1) is 6.10 Å². The Kier molecular flexibility index (Phi) is 3.57. The molecule has 1 saturated carbocycles. The number of rotatable bonds is 2. The van der Waals surface area contributed by atoms with E-state index in [4.69, 9.17) is 4.74 Å². The molecule has 2 unspecified atom stereocenters. The van der Waals surface area contributed by atoms with E-state index < -0.39 is 0 Å². The van der Waals surface area contributed by atoms with Crippen molar-refractivity contribution in [3.63, 3.8) is 0 Å². The summed E-state index contributed by atoms with van der Waals surface area (Å²) in [5, 5.41) is 0. The van der Waals surface area contributed by atoms with Gasteiger partial charge in [-0.25, -0.2) is 0 Å². The van der Waals surface area contributed by atoms with Crippen LogP contribution in [-0.2, 0) is 4.74 Å². The molecule has 1 rings (SSSR count). The van der Waals surface area contributed by atoms with E-state index in [0.717, 1.165) is 17.8 Å². The predicted octanol–water partition coefficient (Wildman–Crippen LogP) is 3.09. The summed E-state index contributed by atoms with van der Waals surface area (Å²) in [7, 11) is 1.86. The van der Waals surface area contributed by atoms with Crippen molar-refractivity contribution in [2.24, 2.45) is 17.8 Å². The standard InChI is InChI=1S/C11H22O/c1-8(2)10-6-5-9(3)7-11(10)12-4/h8-11H,5-7H2,1-4H3/t9-,10?,11?/m1/s1. The van der Waals surface area contributed by atoms with Gasteiger partial charge in [0.2, 0.25) is 0 Å². The molecule has 1 nitrogen and oxygen atoms in total. The first kappa shape index (κ1) is 10.0. The lowest BCUT2D eigenvalue weighted by Gasteiger charge is -2.36. The summed E-state index contributed by atoms with van der Waals surface area (Å²) in [6, 6.07) is 0. The van der Waals surface area contributed by atoms with Crippen molar-refractivity contribution in [2.45, 2.75) is 46.1 Å². The van der Waals surface area contributed by atoms with Gasteiger partial charge in [0.25, 0.3) is 0 Å². The molecular formula is C11H22O. The molecule has 0 saturated heterocycles. The van der Waals surface area contributed by atoms with Gasteiger partial charge in [0.15, 0.2) is 0 Å². The molecule has 0 aromatic carbocycles. The summed E-state index contributed by atoms with van der Waals surface area (Å²) in [6.07, 6.45) is 4.54. The summed E-state index contributed by atoms with van der Waals surface area (Å²) in [4.78, 5) is 0. The second-order valence-electron chi connectivity index (χ2n) is 4.60. The Morgan fingerprint density at radius 1 is 1.25 bits per heavy atom. The van der Waals surface area contributed by atoms with Crippen molar-refractivity contribution in [1.29, 1.82) is 0 Å². The molecule has 1 aliphatic rings. The van der Waals surface area contributed by atoms with Crippen LogP contribution in [0.5, 0.6) is 0 Å². The number of ether oxygens (including phenoxy) is 1. The van der Waals surface area contributed by atoms with E-state index in [0.29, 0.717) is 6.10 Å². The molecule has 0 amide bonds. The van der Waals surface area contributed by atoms with Crippen molar-refractivity contribution >= 4 is 0 Å². The van der Waals surface area contributed by atoms with Crippen molar-refractivity contribution in [1.82, 2.24) is 0 Å². The fraction of sp³-hybridized carbons (Fsp3) is 1.00. The molecule has 0 radical (unpaired) electrons. The second kappa shape index (κ2) is 4.27. The van der Waals surface area contributed by atoms with Gasteiger partial charge in [-0.05, 0) is 30.6 Å². The van der Waals surface area contributed by atoms with Gasteiger partial charge in [-0.2, -0.15) is 0 Å². The summed E-state index contributed by atoms with van der Waals surface area (Å²) in [5.41, 5.74) is 0. The van der Waals surface area contributed by atoms with Crippen LogP contribution in [0.25, 0.3) is 0 Å². The molecule has 72 valence electrons. The van der Waals surface area contributed by atoms with Crippen LogP contribution in [0.2, 0.25) is 0 Å². The summed E-state index contributed by atoms with van der Waals surface area (Å²) in [6.45, 7) is 6.96. The largest absolute Gasteiger partial charge is 0.381 e. The zero-order valence-corrected chi connectivity index (χ0v) is 8.84. The Bertz CT molecular complexity index is 131. The average molecular weight is 170 g/mol. The third-order valence-electron chi connectivity index (χ3n) is 3.26. The Labute approximate surface area is 76.5 Å². The molecule has 0 bridgehead atoms. The summed E-state index contributed by atoms with van der Waals surface area (Å²) < 4.78 is 5.54. The zero-order valence-electron chi connectivity index (χ0n) is 8.84. The number of methoxy groups -OCH3 is 1. The van der Waals surface area contributed by atoms with Gasteiger partial charge in [-0.15, -0.1) is 0 Å². The molecule has 0 aromatic rings. The van der Waals surface area contributed by atoms with E-state index in [9.17, 15) is 0 Å². The lowest BCUT2D eigenvalue weighted by Crippen LogP contribution is -2.33. The lowest BCUT2D eigenvalue weighted by atomic mass is 9.75. The highest BCUT2D eigenvalue weighted by atomic mass is 16.5. The molecule has 1 heteroatoms. The van der Waals surface area contributed by atoms with Gasteiger partial charge >= 0.3 is 0 Å². The quantitative estimate of drug-likeness (QED) is 0.619. The van der Waals surface area contributed by atoms with Crippen LogP contribution < -0.4 is 0 Å². The highest BCUT2D eigenvalue weighted by molar-refractivity contribution is 4.80. The van der Waals surface area contributed by atoms with Gasteiger partial charge in [0, 0.05) is 7.11 Å². The SMILES string of the molecule is COC1C[C@H](C)CCC1C(C)C. The van der Waals surface area contributed by atoms with E-state index in [1.807, 2.05) is 7.11 Å². The lowest BCUT2D eigenvalue weighted by molar-refractivity contribution is -0.00982. The minimum absolute atomic E-state index is 0.522. The van der Waals surface area contributed by atoms with E-state index in [1.54, 1.807) is 0 Å². The van der Waals surface area contributed by atoms with Crippen LogP contribution in [0.15, 0.2) is 0 Å². The molecule has 0 N–H and O–H groups in total. The molecule has 12 heavy (non-hydrogen) atoms. The van der Waals surface area contributed by atoms with Gasteiger partial charge in [0.1, 0.15) is 0 Å². The van der Waals surface area contributed by atoms with E-state index in [-0.39, 0.29) is 0 Å². The van der Waals surface area contributed by atoms with Crippen molar-refractivity contribution in [2.75, 3.05) is 7.11 Å². The minimum Gasteiger partial charge on any atom is -0.381 e. The normalized spacial score (nSPS) is 37.2. The maximum Gasteiger partial charge on any atom is 0.0604 e. The Balaban J connectivity index is 2.50. The molecule has 1 fully saturated rings.